The fourth-order valence-electron chi connectivity index (χ4n) is 2.78. The summed E-state index contributed by atoms with van der Waals surface area (Å²) in [7, 11) is 0. The van der Waals surface area contributed by atoms with Crippen molar-refractivity contribution in [1.29, 1.82) is 0 Å². The quantitative estimate of drug-likeness (QED) is 0.834. The number of benzene rings is 1. The summed E-state index contributed by atoms with van der Waals surface area (Å²) in [5.74, 6) is 1.21. The first kappa shape index (κ1) is 15.1. The molecule has 0 radical (unpaired) electrons. The van der Waals surface area contributed by atoms with Gasteiger partial charge in [-0.3, -0.25) is 9.69 Å². The van der Waals surface area contributed by atoms with Crippen LogP contribution >= 0.6 is 0 Å². The molecule has 6 nitrogen and oxygen atoms in total. The first-order chi connectivity index (χ1) is 10.7. The molecule has 2 unspecified atom stereocenters. The Hall–Kier alpha value is -1.79. The second-order valence-corrected chi connectivity index (χ2v) is 5.69. The number of rotatable bonds is 4. The maximum atomic E-state index is 12.3. The van der Waals surface area contributed by atoms with Crippen LogP contribution in [0.25, 0.3) is 0 Å². The SMILES string of the molecule is CC1Oc2ccccc2OC1C(=O)NCCN1CCNCC1. The molecule has 1 aromatic carbocycles. The molecule has 2 atom stereocenters. The number of fused-ring (bicyclic) bond motifs is 1. The summed E-state index contributed by atoms with van der Waals surface area (Å²) in [6, 6.07) is 7.44. The first-order valence-electron chi connectivity index (χ1n) is 7.87. The van der Waals surface area contributed by atoms with Gasteiger partial charge in [-0.05, 0) is 19.1 Å². The highest BCUT2D eigenvalue weighted by Gasteiger charge is 2.33. The number of carbonyl (C=O) groups excluding carboxylic acids is 1. The first-order valence-corrected chi connectivity index (χ1v) is 7.87. The molecule has 6 heteroatoms. The van der Waals surface area contributed by atoms with Crippen LogP contribution in [0.5, 0.6) is 11.5 Å². The van der Waals surface area contributed by atoms with Gasteiger partial charge in [-0.25, -0.2) is 0 Å². The van der Waals surface area contributed by atoms with Gasteiger partial charge in [-0.1, -0.05) is 12.1 Å². The van der Waals surface area contributed by atoms with Gasteiger partial charge in [-0.2, -0.15) is 0 Å². The van der Waals surface area contributed by atoms with E-state index in [2.05, 4.69) is 15.5 Å². The van der Waals surface area contributed by atoms with Crippen LogP contribution in [0.4, 0.5) is 0 Å². The molecule has 1 aromatic rings. The molecule has 2 heterocycles. The number of hydrogen-bond donors (Lipinski definition) is 2. The third kappa shape index (κ3) is 3.51. The van der Waals surface area contributed by atoms with Gasteiger partial charge in [0.15, 0.2) is 11.5 Å². The van der Waals surface area contributed by atoms with Crippen LogP contribution in [0.1, 0.15) is 6.92 Å². The van der Waals surface area contributed by atoms with Crippen LogP contribution in [0.3, 0.4) is 0 Å². The van der Waals surface area contributed by atoms with Crippen molar-refractivity contribution >= 4 is 5.91 Å². The van der Waals surface area contributed by atoms with Crippen molar-refractivity contribution in [3.8, 4) is 11.5 Å². The molecule has 0 saturated carbocycles. The maximum Gasteiger partial charge on any atom is 0.265 e. The fourth-order valence-corrected chi connectivity index (χ4v) is 2.78. The zero-order chi connectivity index (χ0) is 15.4. The number of nitrogens with one attached hydrogen (secondary N) is 2. The van der Waals surface area contributed by atoms with E-state index < -0.39 is 6.10 Å². The number of ether oxygens (including phenoxy) is 2. The van der Waals surface area contributed by atoms with E-state index in [4.69, 9.17) is 9.47 Å². The molecular formula is C16H23N3O3. The predicted molar refractivity (Wildman–Crippen MR) is 83.3 cm³/mol. The normalized spacial score (nSPS) is 24.8. The van der Waals surface area contributed by atoms with E-state index in [9.17, 15) is 4.79 Å². The molecule has 1 amide bonds. The Bertz CT molecular complexity index is 517. The number of nitrogens with zero attached hydrogens (tertiary/aromatic N) is 1. The van der Waals surface area contributed by atoms with E-state index in [0.717, 1.165) is 32.7 Å². The average Bonchev–Trinajstić information content (AvgIpc) is 2.55. The van der Waals surface area contributed by atoms with Crippen LogP contribution in [0, 0.1) is 0 Å². The van der Waals surface area contributed by atoms with Gasteiger partial charge >= 0.3 is 0 Å². The highest BCUT2D eigenvalue weighted by molar-refractivity contribution is 5.82. The van der Waals surface area contributed by atoms with Gasteiger partial charge in [0.2, 0.25) is 6.10 Å². The van der Waals surface area contributed by atoms with Crippen LogP contribution < -0.4 is 20.1 Å². The summed E-state index contributed by atoms with van der Waals surface area (Å²) < 4.78 is 11.5. The van der Waals surface area contributed by atoms with Crippen molar-refractivity contribution in [3.05, 3.63) is 24.3 Å². The van der Waals surface area contributed by atoms with Crippen LogP contribution in [0.2, 0.25) is 0 Å². The summed E-state index contributed by atoms with van der Waals surface area (Å²) in [5, 5.41) is 6.27. The zero-order valence-electron chi connectivity index (χ0n) is 12.9. The van der Waals surface area contributed by atoms with E-state index in [1.165, 1.54) is 0 Å². The smallest absolute Gasteiger partial charge is 0.265 e. The Balaban J connectivity index is 1.49. The molecule has 0 aromatic heterocycles. The lowest BCUT2D eigenvalue weighted by atomic mass is 10.1. The molecule has 2 aliphatic heterocycles. The number of hydrogen-bond acceptors (Lipinski definition) is 5. The molecule has 0 aliphatic carbocycles. The van der Waals surface area contributed by atoms with Crippen LogP contribution in [0.15, 0.2) is 24.3 Å². The highest BCUT2D eigenvalue weighted by atomic mass is 16.6. The van der Waals surface area contributed by atoms with Crippen LogP contribution in [-0.2, 0) is 4.79 Å². The highest BCUT2D eigenvalue weighted by Crippen LogP contribution is 2.33. The Morgan fingerprint density at radius 1 is 1.27 bits per heavy atom. The molecule has 22 heavy (non-hydrogen) atoms. The second kappa shape index (κ2) is 6.98. The zero-order valence-corrected chi connectivity index (χ0v) is 12.9. The van der Waals surface area contributed by atoms with Gasteiger partial charge < -0.3 is 20.1 Å². The topological polar surface area (TPSA) is 62.8 Å². The molecule has 1 saturated heterocycles. The van der Waals surface area contributed by atoms with Crippen LogP contribution in [-0.4, -0.2) is 62.3 Å². The largest absolute Gasteiger partial charge is 0.482 e. The Labute approximate surface area is 130 Å². The minimum atomic E-state index is -0.599. The monoisotopic (exact) mass is 305 g/mol. The van der Waals surface area contributed by atoms with Crippen molar-refractivity contribution in [2.75, 3.05) is 39.3 Å². The van der Waals surface area contributed by atoms with Crippen molar-refractivity contribution in [1.82, 2.24) is 15.5 Å². The standard InChI is InChI=1S/C16H23N3O3/c1-12-15(22-14-5-3-2-4-13(14)21-12)16(20)18-8-11-19-9-6-17-7-10-19/h2-5,12,15,17H,6-11H2,1H3,(H,18,20). The molecule has 2 N–H and O–H groups in total. The Morgan fingerprint density at radius 3 is 2.68 bits per heavy atom. The van der Waals surface area contributed by atoms with Crippen molar-refractivity contribution in [2.45, 2.75) is 19.1 Å². The van der Waals surface area contributed by atoms with Gasteiger partial charge in [0.25, 0.3) is 5.91 Å². The average molecular weight is 305 g/mol. The summed E-state index contributed by atoms with van der Waals surface area (Å²) in [5.41, 5.74) is 0. The lowest BCUT2D eigenvalue weighted by Crippen LogP contribution is -2.51. The van der Waals surface area contributed by atoms with E-state index in [-0.39, 0.29) is 12.0 Å². The van der Waals surface area contributed by atoms with Crippen molar-refractivity contribution < 1.29 is 14.3 Å². The minimum Gasteiger partial charge on any atom is -0.482 e. The van der Waals surface area contributed by atoms with Gasteiger partial charge in [0.1, 0.15) is 6.10 Å². The molecule has 120 valence electrons. The summed E-state index contributed by atoms with van der Waals surface area (Å²) in [6.45, 7) is 7.45. The molecule has 0 spiro atoms. The lowest BCUT2D eigenvalue weighted by molar-refractivity contribution is -0.133. The molecule has 0 bridgehead atoms. The number of para-hydroxylation sites is 2. The number of piperazine rings is 1. The molecule has 2 aliphatic rings. The van der Waals surface area contributed by atoms with Crippen molar-refractivity contribution in [3.63, 3.8) is 0 Å². The molecular weight excluding hydrogens is 282 g/mol. The van der Waals surface area contributed by atoms with Crippen molar-refractivity contribution in [2.24, 2.45) is 0 Å². The lowest BCUT2D eigenvalue weighted by Gasteiger charge is -2.31. The third-order valence-electron chi connectivity index (χ3n) is 4.04. The van der Waals surface area contributed by atoms with E-state index in [0.29, 0.717) is 18.0 Å². The van der Waals surface area contributed by atoms with Gasteiger partial charge in [0, 0.05) is 39.3 Å². The molecule has 3 rings (SSSR count). The summed E-state index contributed by atoms with van der Waals surface area (Å²) in [4.78, 5) is 14.7. The van der Waals surface area contributed by atoms with E-state index in [1.54, 1.807) is 0 Å². The Morgan fingerprint density at radius 2 is 1.95 bits per heavy atom. The van der Waals surface area contributed by atoms with Gasteiger partial charge in [-0.15, -0.1) is 0 Å². The molecule has 1 fully saturated rings. The predicted octanol–water partition coefficient (Wildman–Crippen LogP) is 0.236. The minimum absolute atomic E-state index is 0.114. The second-order valence-electron chi connectivity index (χ2n) is 5.69. The Kier molecular flexibility index (Phi) is 4.80. The summed E-state index contributed by atoms with van der Waals surface area (Å²) in [6.07, 6.45) is -0.896. The summed E-state index contributed by atoms with van der Waals surface area (Å²) >= 11 is 0. The fraction of sp³-hybridized carbons (Fsp3) is 0.562. The number of amides is 1. The van der Waals surface area contributed by atoms with E-state index >= 15 is 0 Å². The number of carbonyl (C=O) groups is 1. The maximum absolute atomic E-state index is 12.3. The van der Waals surface area contributed by atoms with Gasteiger partial charge in [0.05, 0.1) is 0 Å². The third-order valence-corrected chi connectivity index (χ3v) is 4.04. The van der Waals surface area contributed by atoms with E-state index in [1.807, 2.05) is 31.2 Å².